The van der Waals surface area contributed by atoms with Gasteiger partial charge < -0.3 is 14.6 Å². The van der Waals surface area contributed by atoms with Crippen molar-refractivity contribution in [2.45, 2.75) is 33.9 Å². The molecule has 204 valence electrons. The fourth-order valence-electron chi connectivity index (χ4n) is 5.30. The molecule has 0 saturated heterocycles. The lowest BCUT2D eigenvalue weighted by Crippen LogP contribution is -2.39. The lowest BCUT2D eigenvalue weighted by atomic mass is 9.93. The first-order valence-corrected chi connectivity index (χ1v) is 12.8. The molecule has 2 amide bonds. The topological polar surface area (TPSA) is 115 Å². The summed E-state index contributed by atoms with van der Waals surface area (Å²) in [7, 11) is 0. The van der Waals surface area contributed by atoms with Crippen LogP contribution in [0.1, 0.15) is 30.5 Å². The molecule has 6 rings (SSSR count). The van der Waals surface area contributed by atoms with Crippen LogP contribution in [0.15, 0.2) is 47.3 Å². The van der Waals surface area contributed by atoms with E-state index in [-0.39, 0.29) is 37.2 Å². The number of fused-ring (bicyclic) bond motifs is 5. The van der Waals surface area contributed by atoms with Crippen LogP contribution in [0.2, 0.25) is 0 Å². The highest BCUT2D eigenvalue weighted by molar-refractivity contribution is 6.01. The van der Waals surface area contributed by atoms with Crippen molar-refractivity contribution in [2.75, 3.05) is 23.7 Å². The molecule has 0 radical (unpaired) electrons. The van der Waals surface area contributed by atoms with Crippen molar-refractivity contribution < 1.29 is 23.6 Å². The summed E-state index contributed by atoms with van der Waals surface area (Å²) in [6, 6.07) is 12.4. The fourth-order valence-corrected chi connectivity index (χ4v) is 5.30. The predicted molar refractivity (Wildman–Crippen MR) is 147 cm³/mol. The number of amides is 2. The Labute approximate surface area is 228 Å². The molecule has 2 aromatic heterocycles. The summed E-state index contributed by atoms with van der Waals surface area (Å²) in [5, 5.41) is 3.29. The van der Waals surface area contributed by atoms with Gasteiger partial charge in [0.15, 0.2) is 0 Å². The monoisotopic (exact) mass is 543 g/mol. The molecule has 0 bridgehead atoms. The molecule has 0 fully saturated rings. The van der Waals surface area contributed by atoms with Crippen molar-refractivity contribution in [3.8, 4) is 22.5 Å². The van der Waals surface area contributed by atoms with Gasteiger partial charge in [0, 0.05) is 30.5 Å². The predicted octanol–water partition coefficient (Wildman–Crippen LogP) is 4.45. The van der Waals surface area contributed by atoms with Crippen molar-refractivity contribution >= 4 is 34.3 Å². The van der Waals surface area contributed by atoms with Gasteiger partial charge in [-0.2, -0.15) is 0 Å². The van der Waals surface area contributed by atoms with E-state index in [4.69, 9.17) is 14.6 Å². The maximum absolute atomic E-state index is 14.7. The molecule has 0 spiro atoms. The average Bonchev–Trinajstić information content (AvgIpc) is 3.29. The molecule has 0 atom stereocenters. The number of hydrogen-bond donors (Lipinski definition) is 2. The normalized spacial score (nSPS) is 13.5. The van der Waals surface area contributed by atoms with E-state index in [1.165, 1.54) is 17.9 Å². The zero-order valence-electron chi connectivity index (χ0n) is 22.1. The van der Waals surface area contributed by atoms with E-state index in [1.807, 2.05) is 31.2 Å². The number of aromatic nitrogens is 2. The van der Waals surface area contributed by atoms with Crippen molar-refractivity contribution in [1.29, 1.82) is 0 Å². The number of aryl methyl sites for hydroxylation is 1. The Kier molecular flexibility index (Phi) is 6.22. The quantitative estimate of drug-likeness (QED) is 0.185. The van der Waals surface area contributed by atoms with Gasteiger partial charge in [-0.25, -0.2) is 14.2 Å². The third-order valence-corrected chi connectivity index (χ3v) is 7.20. The number of pyridine rings is 2. The number of benzene rings is 2. The molecule has 2 aliphatic rings. The standard InChI is InChI=1S/C29H26FN5O5/c1-4-34-24-11-25-27-20(12-35(25)28(37)21(24)13-39-29(34)38)26(19-8-15(2)22(30)10-23(19)32-27)17-6-5-7-18(9-17)33-40-14-31-16(3)36/h5-11,33H,4,12-14H2,1-3H3,(H,31,36). The largest absolute Gasteiger partial charge is 0.444 e. The Hall–Kier alpha value is -4.77. The second-order valence-corrected chi connectivity index (χ2v) is 9.72. The maximum Gasteiger partial charge on any atom is 0.414 e. The van der Waals surface area contributed by atoms with Gasteiger partial charge in [-0.3, -0.25) is 24.8 Å². The molecule has 40 heavy (non-hydrogen) atoms. The molecule has 11 heteroatoms. The first kappa shape index (κ1) is 25.5. The highest BCUT2D eigenvalue weighted by Crippen LogP contribution is 2.43. The molecule has 2 N–H and O–H groups in total. The van der Waals surface area contributed by atoms with Crippen LogP contribution in [0.4, 0.5) is 20.6 Å². The summed E-state index contributed by atoms with van der Waals surface area (Å²) < 4.78 is 21.6. The number of cyclic esters (lactones) is 1. The Morgan fingerprint density at radius 2 is 2.00 bits per heavy atom. The number of nitrogens with zero attached hydrogens (tertiary/aromatic N) is 3. The van der Waals surface area contributed by atoms with Crippen molar-refractivity contribution in [2.24, 2.45) is 0 Å². The van der Waals surface area contributed by atoms with Crippen molar-refractivity contribution in [3.05, 3.63) is 75.3 Å². The van der Waals surface area contributed by atoms with Crippen LogP contribution in [-0.4, -0.2) is 34.8 Å². The fraction of sp³-hybridized carbons (Fsp3) is 0.241. The zero-order valence-corrected chi connectivity index (χ0v) is 22.1. The van der Waals surface area contributed by atoms with Crippen LogP contribution in [0.25, 0.3) is 33.4 Å². The molecular weight excluding hydrogens is 517 g/mol. The van der Waals surface area contributed by atoms with E-state index in [0.29, 0.717) is 46.0 Å². The third-order valence-electron chi connectivity index (χ3n) is 7.20. The minimum absolute atomic E-state index is 0.0183. The van der Waals surface area contributed by atoms with Gasteiger partial charge in [0.1, 0.15) is 19.2 Å². The molecular formula is C29H26FN5O5. The Morgan fingerprint density at radius 1 is 1.18 bits per heavy atom. The number of hydrogen-bond acceptors (Lipinski definition) is 7. The first-order valence-electron chi connectivity index (χ1n) is 12.8. The third kappa shape index (κ3) is 4.15. The number of ether oxygens (including phenoxy) is 1. The Morgan fingerprint density at radius 3 is 2.77 bits per heavy atom. The van der Waals surface area contributed by atoms with Gasteiger partial charge >= 0.3 is 6.09 Å². The van der Waals surface area contributed by atoms with Gasteiger partial charge in [0.25, 0.3) is 5.56 Å². The lowest BCUT2D eigenvalue weighted by Gasteiger charge is -2.28. The van der Waals surface area contributed by atoms with Crippen LogP contribution in [0.3, 0.4) is 0 Å². The van der Waals surface area contributed by atoms with Gasteiger partial charge in [0.2, 0.25) is 5.91 Å². The van der Waals surface area contributed by atoms with E-state index < -0.39 is 6.09 Å². The highest BCUT2D eigenvalue weighted by Gasteiger charge is 2.33. The van der Waals surface area contributed by atoms with E-state index in [1.54, 1.807) is 23.6 Å². The van der Waals surface area contributed by atoms with E-state index in [2.05, 4.69) is 10.8 Å². The Bertz CT molecular complexity index is 1780. The summed E-state index contributed by atoms with van der Waals surface area (Å²) in [6.07, 6.45) is -0.507. The minimum atomic E-state index is -0.507. The zero-order chi connectivity index (χ0) is 28.1. The summed E-state index contributed by atoms with van der Waals surface area (Å²) in [4.78, 5) is 48.8. The van der Waals surface area contributed by atoms with Crippen molar-refractivity contribution in [1.82, 2.24) is 14.9 Å². The summed E-state index contributed by atoms with van der Waals surface area (Å²) in [5.74, 6) is -0.597. The van der Waals surface area contributed by atoms with Gasteiger partial charge in [-0.05, 0) is 54.8 Å². The summed E-state index contributed by atoms with van der Waals surface area (Å²) in [6.45, 7) is 5.38. The second kappa shape index (κ2) is 9.76. The number of carbonyl (C=O) groups excluding carboxylic acids is 2. The van der Waals surface area contributed by atoms with Gasteiger partial charge in [0.05, 0.1) is 40.4 Å². The molecule has 0 aliphatic carbocycles. The molecule has 4 heterocycles. The first-order chi connectivity index (χ1) is 19.3. The van der Waals surface area contributed by atoms with E-state index in [9.17, 15) is 18.8 Å². The van der Waals surface area contributed by atoms with E-state index >= 15 is 0 Å². The summed E-state index contributed by atoms with van der Waals surface area (Å²) >= 11 is 0. The molecule has 0 saturated carbocycles. The van der Waals surface area contributed by atoms with E-state index in [0.717, 1.165) is 22.1 Å². The van der Waals surface area contributed by atoms with Crippen LogP contribution in [0, 0.1) is 12.7 Å². The van der Waals surface area contributed by atoms with Crippen molar-refractivity contribution in [3.63, 3.8) is 0 Å². The van der Waals surface area contributed by atoms with Crippen LogP contribution >= 0.6 is 0 Å². The molecule has 4 aromatic rings. The van der Waals surface area contributed by atoms with Crippen LogP contribution in [0.5, 0.6) is 0 Å². The maximum atomic E-state index is 14.7. The number of anilines is 2. The molecule has 2 aliphatic heterocycles. The second-order valence-electron chi connectivity index (χ2n) is 9.72. The lowest BCUT2D eigenvalue weighted by molar-refractivity contribution is -0.120. The number of nitrogens with one attached hydrogen (secondary N) is 2. The number of carbonyl (C=O) groups is 2. The molecule has 2 aromatic carbocycles. The van der Waals surface area contributed by atoms with Gasteiger partial charge in [-0.1, -0.05) is 12.1 Å². The molecule has 10 nitrogen and oxygen atoms in total. The SMILES string of the molecule is CCN1C(=O)OCc2c1cc1n(c2=O)Cc2c-1nc1cc(F)c(C)cc1c2-c1cccc(NOCNC(C)=O)c1. The number of halogens is 1. The average molecular weight is 544 g/mol. The Balaban J connectivity index is 1.54. The molecule has 0 unspecified atom stereocenters. The smallest absolute Gasteiger partial charge is 0.414 e. The van der Waals surface area contributed by atoms with Crippen LogP contribution < -0.4 is 21.3 Å². The summed E-state index contributed by atoms with van der Waals surface area (Å²) in [5.41, 5.74) is 8.59. The highest BCUT2D eigenvalue weighted by atomic mass is 19.1. The van der Waals surface area contributed by atoms with Crippen LogP contribution in [-0.2, 0) is 27.5 Å². The van der Waals surface area contributed by atoms with Gasteiger partial charge in [-0.15, -0.1) is 0 Å². The number of rotatable bonds is 6. The minimum Gasteiger partial charge on any atom is -0.444 e.